The number of alkyl halides is 3. The molecule has 0 fully saturated rings. The summed E-state index contributed by atoms with van der Waals surface area (Å²) in [6.07, 6.45) is -3.44. The first-order chi connectivity index (χ1) is 10.1. The molecule has 0 aliphatic heterocycles. The third-order valence-electron chi connectivity index (χ3n) is 3.10. The van der Waals surface area contributed by atoms with E-state index in [1.54, 1.807) is 13.8 Å². The van der Waals surface area contributed by atoms with E-state index in [1.807, 2.05) is 0 Å². The average Bonchev–Trinajstić information content (AvgIpc) is 2.41. The van der Waals surface area contributed by atoms with E-state index in [0.717, 1.165) is 12.1 Å². The van der Waals surface area contributed by atoms with Gasteiger partial charge in [-0.1, -0.05) is 31.1 Å². The minimum atomic E-state index is -4.85. The third-order valence-corrected chi connectivity index (χ3v) is 3.40. The summed E-state index contributed by atoms with van der Waals surface area (Å²) in [7, 11) is -4.85. The van der Waals surface area contributed by atoms with Crippen LogP contribution in [0, 0.1) is 5.92 Å². The largest absolute Gasteiger partial charge is 0.545 e. The fourth-order valence-corrected chi connectivity index (χ4v) is 2.18. The molecule has 1 aromatic carbocycles. The van der Waals surface area contributed by atoms with Crippen molar-refractivity contribution in [2.45, 2.75) is 32.9 Å². The maximum Gasteiger partial charge on any atom is 0.545 e. The van der Waals surface area contributed by atoms with Crippen LogP contribution in [-0.2, 0) is 15.4 Å². The Kier molecular flexibility index (Phi) is 6.17. The number of phosphoric acid groups is 1. The average molecular weight is 339 g/mol. The minimum absolute atomic E-state index is 0.0828. The van der Waals surface area contributed by atoms with Crippen LogP contribution in [0.25, 0.3) is 0 Å². The lowest BCUT2D eigenvalue weighted by molar-refractivity contribution is -0.137. The van der Waals surface area contributed by atoms with Crippen LogP contribution in [0.3, 0.4) is 0 Å². The van der Waals surface area contributed by atoms with Crippen molar-refractivity contribution >= 4 is 13.5 Å². The number of hydrogen-bond donors (Lipinski definition) is 2. The topological polar surface area (TPSA) is 79.1 Å². The van der Waals surface area contributed by atoms with E-state index in [-0.39, 0.29) is 17.2 Å². The molecular weight excluding hydrogens is 322 g/mol. The Morgan fingerprint density at radius 1 is 1.32 bits per heavy atom. The molecule has 1 rings (SSSR count). The van der Waals surface area contributed by atoms with Gasteiger partial charge < -0.3 is 0 Å². The Balaban J connectivity index is 3.30. The van der Waals surface area contributed by atoms with Crippen LogP contribution in [0.4, 0.5) is 13.2 Å². The summed E-state index contributed by atoms with van der Waals surface area (Å²) in [6, 6.07) is 4.42. The highest BCUT2D eigenvalue weighted by Gasteiger charge is 2.31. The van der Waals surface area contributed by atoms with Crippen molar-refractivity contribution in [1.29, 1.82) is 0 Å². The number of halogens is 3. The second-order valence-corrected chi connectivity index (χ2v) is 5.79. The lowest BCUT2D eigenvalue weighted by atomic mass is 9.91. The Labute approximate surface area is 126 Å². The van der Waals surface area contributed by atoms with Crippen molar-refractivity contribution in [3.63, 3.8) is 0 Å². The van der Waals surface area contributed by atoms with E-state index < -0.39 is 19.6 Å². The molecular formula is C13H17F3NO4P. The molecule has 0 aliphatic rings. The lowest BCUT2D eigenvalue weighted by Gasteiger charge is -2.17. The Morgan fingerprint density at radius 3 is 2.36 bits per heavy atom. The van der Waals surface area contributed by atoms with Crippen molar-refractivity contribution in [2.75, 3.05) is 0 Å². The molecule has 5 nitrogen and oxygen atoms in total. The summed E-state index contributed by atoms with van der Waals surface area (Å²) in [6.45, 7) is 3.60. The molecule has 0 radical (unpaired) electrons. The van der Waals surface area contributed by atoms with Crippen molar-refractivity contribution in [3.05, 3.63) is 35.4 Å². The van der Waals surface area contributed by atoms with Crippen LogP contribution in [-0.4, -0.2) is 15.5 Å². The van der Waals surface area contributed by atoms with Gasteiger partial charge in [-0.25, -0.2) is 4.57 Å². The Morgan fingerprint density at radius 2 is 1.91 bits per heavy atom. The number of nitrogens with zero attached hydrogens (tertiary/aromatic N) is 1. The molecule has 2 N–H and O–H groups in total. The molecule has 0 aromatic heterocycles. The first-order valence-electron chi connectivity index (χ1n) is 6.58. The SMILES string of the molecule is CCC(CC)C(=NOP(=O)(O)O)c1cccc(C(F)(F)F)c1. The smallest absolute Gasteiger partial charge is 0.292 e. The summed E-state index contributed by atoms with van der Waals surface area (Å²) < 4.78 is 53.2. The maximum atomic E-state index is 12.8. The van der Waals surface area contributed by atoms with Crippen LogP contribution < -0.4 is 0 Å². The molecule has 1 aromatic rings. The molecule has 0 unspecified atom stereocenters. The summed E-state index contributed by atoms with van der Waals surface area (Å²) in [4.78, 5) is 17.5. The van der Waals surface area contributed by atoms with Gasteiger partial charge in [0.15, 0.2) is 0 Å². The van der Waals surface area contributed by atoms with Gasteiger partial charge in [-0.05, 0) is 25.0 Å². The monoisotopic (exact) mass is 339 g/mol. The first-order valence-corrected chi connectivity index (χ1v) is 8.11. The quantitative estimate of drug-likeness (QED) is 0.467. The van der Waals surface area contributed by atoms with Crippen molar-refractivity contribution < 1.29 is 32.1 Å². The van der Waals surface area contributed by atoms with Crippen LogP contribution in [0.15, 0.2) is 29.4 Å². The van der Waals surface area contributed by atoms with Crippen LogP contribution in [0.5, 0.6) is 0 Å². The second kappa shape index (κ2) is 7.26. The summed E-state index contributed by atoms with van der Waals surface area (Å²) in [5.74, 6) is -0.282. The molecule has 9 heteroatoms. The van der Waals surface area contributed by atoms with Crippen LogP contribution in [0.2, 0.25) is 0 Å². The van der Waals surface area contributed by atoms with Gasteiger partial charge in [0.1, 0.15) is 0 Å². The van der Waals surface area contributed by atoms with Crippen molar-refractivity contribution in [1.82, 2.24) is 0 Å². The fraction of sp³-hybridized carbons (Fsp3) is 0.462. The zero-order valence-electron chi connectivity index (χ0n) is 12.0. The molecule has 0 atom stereocenters. The van der Waals surface area contributed by atoms with E-state index >= 15 is 0 Å². The van der Waals surface area contributed by atoms with Gasteiger partial charge in [0.05, 0.1) is 11.3 Å². The van der Waals surface area contributed by atoms with Crippen LogP contribution in [0.1, 0.15) is 37.8 Å². The zero-order valence-corrected chi connectivity index (χ0v) is 12.9. The van der Waals surface area contributed by atoms with Gasteiger partial charge in [0.25, 0.3) is 0 Å². The first kappa shape index (κ1) is 18.7. The summed E-state index contributed by atoms with van der Waals surface area (Å²) >= 11 is 0. The molecule has 0 bridgehead atoms. The molecule has 0 saturated heterocycles. The van der Waals surface area contributed by atoms with Gasteiger partial charge in [0.2, 0.25) is 0 Å². The zero-order chi connectivity index (χ0) is 17.0. The summed E-state index contributed by atoms with van der Waals surface area (Å²) in [5.41, 5.74) is -0.656. The third kappa shape index (κ3) is 5.44. The number of hydrogen-bond acceptors (Lipinski definition) is 3. The standard InChI is InChI=1S/C13H17F3NO4P/c1-3-9(4-2)12(17-21-22(18,19)20)10-6-5-7-11(8-10)13(14,15)16/h5-9H,3-4H2,1-2H3,(H2,18,19,20). The highest BCUT2D eigenvalue weighted by atomic mass is 31.2. The normalized spacial score (nSPS) is 13.5. The van der Waals surface area contributed by atoms with Crippen molar-refractivity contribution in [3.8, 4) is 0 Å². The number of benzene rings is 1. The highest BCUT2D eigenvalue weighted by Crippen LogP contribution is 2.37. The molecule has 22 heavy (non-hydrogen) atoms. The van der Waals surface area contributed by atoms with Gasteiger partial charge in [-0.3, -0.25) is 14.4 Å². The predicted octanol–water partition coefficient (Wildman–Crippen LogP) is 3.96. The maximum absolute atomic E-state index is 12.8. The fourth-order valence-electron chi connectivity index (χ4n) is 1.99. The van der Waals surface area contributed by atoms with Gasteiger partial charge in [-0.15, -0.1) is 0 Å². The van der Waals surface area contributed by atoms with Crippen LogP contribution >= 0.6 is 7.82 Å². The van der Waals surface area contributed by atoms with E-state index in [1.165, 1.54) is 12.1 Å². The number of rotatable bonds is 6. The molecule has 0 amide bonds. The van der Waals surface area contributed by atoms with E-state index in [4.69, 9.17) is 9.79 Å². The molecule has 0 aliphatic carbocycles. The van der Waals surface area contributed by atoms with E-state index in [9.17, 15) is 17.7 Å². The lowest BCUT2D eigenvalue weighted by Crippen LogP contribution is -2.16. The summed E-state index contributed by atoms with van der Waals surface area (Å²) in [5, 5.41) is 3.42. The van der Waals surface area contributed by atoms with Crippen molar-refractivity contribution in [2.24, 2.45) is 11.1 Å². The van der Waals surface area contributed by atoms with Gasteiger partial charge in [0, 0.05) is 11.5 Å². The van der Waals surface area contributed by atoms with E-state index in [2.05, 4.69) is 9.78 Å². The molecule has 0 saturated carbocycles. The molecule has 0 spiro atoms. The predicted molar refractivity (Wildman–Crippen MR) is 75.2 cm³/mol. The van der Waals surface area contributed by atoms with Gasteiger partial charge in [-0.2, -0.15) is 13.2 Å². The highest BCUT2D eigenvalue weighted by molar-refractivity contribution is 7.46. The van der Waals surface area contributed by atoms with Gasteiger partial charge >= 0.3 is 14.0 Å². The minimum Gasteiger partial charge on any atom is -0.292 e. The Hall–Kier alpha value is -1.37. The Bertz CT molecular complexity index is 579. The molecule has 0 heterocycles. The number of oxime groups is 1. The molecule has 124 valence electrons. The van der Waals surface area contributed by atoms with E-state index in [0.29, 0.717) is 12.8 Å². The second-order valence-electron chi connectivity index (χ2n) is 4.64.